The summed E-state index contributed by atoms with van der Waals surface area (Å²) in [5, 5.41) is 7.09. The third-order valence-corrected chi connectivity index (χ3v) is 3.35. The molecule has 0 unspecified atom stereocenters. The predicted molar refractivity (Wildman–Crippen MR) is 75.1 cm³/mol. The zero-order valence-corrected chi connectivity index (χ0v) is 11.9. The topological polar surface area (TPSA) is 46.9 Å². The molecule has 0 saturated heterocycles. The van der Waals surface area contributed by atoms with E-state index in [4.69, 9.17) is 0 Å². The highest BCUT2D eigenvalue weighted by atomic mass is 19.1. The minimum atomic E-state index is -0.251. The van der Waals surface area contributed by atoms with Gasteiger partial charge in [0.2, 0.25) is 0 Å². The minimum Gasteiger partial charge on any atom is -0.352 e. The van der Waals surface area contributed by atoms with Crippen LogP contribution in [0.25, 0.3) is 0 Å². The van der Waals surface area contributed by atoms with Crippen LogP contribution in [0.1, 0.15) is 27.3 Å². The van der Waals surface area contributed by atoms with Crippen molar-refractivity contribution < 1.29 is 9.18 Å². The van der Waals surface area contributed by atoms with Gasteiger partial charge < -0.3 is 5.32 Å². The van der Waals surface area contributed by atoms with E-state index in [0.717, 1.165) is 17.0 Å². The third-order valence-electron chi connectivity index (χ3n) is 3.35. The Morgan fingerprint density at radius 3 is 2.50 bits per heavy atom. The van der Waals surface area contributed by atoms with Gasteiger partial charge >= 0.3 is 0 Å². The number of benzene rings is 1. The Morgan fingerprint density at radius 1 is 1.30 bits per heavy atom. The molecule has 0 saturated carbocycles. The van der Waals surface area contributed by atoms with Crippen LogP contribution < -0.4 is 5.32 Å². The van der Waals surface area contributed by atoms with Gasteiger partial charge in [-0.25, -0.2) is 4.39 Å². The Hall–Kier alpha value is -2.17. The van der Waals surface area contributed by atoms with Gasteiger partial charge in [0.05, 0.1) is 11.3 Å². The van der Waals surface area contributed by atoms with E-state index in [-0.39, 0.29) is 11.7 Å². The van der Waals surface area contributed by atoms with Crippen LogP contribution in [0.2, 0.25) is 0 Å². The van der Waals surface area contributed by atoms with E-state index >= 15 is 0 Å². The number of halogens is 1. The van der Waals surface area contributed by atoms with E-state index in [9.17, 15) is 9.18 Å². The molecule has 1 heterocycles. The van der Waals surface area contributed by atoms with Crippen molar-refractivity contribution in [2.75, 3.05) is 6.54 Å². The molecule has 0 aliphatic rings. The van der Waals surface area contributed by atoms with Crippen LogP contribution in [0.3, 0.4) is 0 Å². The van der Waals surface area contributed by atoms with Crippen LogP contribution in [0.5, 0.6) is 0 Å². The van der Waals surface area contributed by atoms with E-state index < -0.39 is 0 Å². The third kappa shape index (κ3) is 3.04. The fourth-order valence-corrected chi connectivity index (χ4v) is 2.16. The average molecular weight is 275 g/mol. The second-order valence-electron chi connectivity index (χ2n) is 4.80. The first-order chi connectivity index (χ1) is 9.49. The predicted octanol–water partition coefficient (Wildman–Crippen LogP) is 2.15. The lowest BCUT2D eigenvalue weighted by atomic mass is 10.1. The van der Waals surface area contributed by atoms with Crippen molar-refractivity contribution in [3.63, 3.8) is 0 Å². The largest absolute Gasteiger partial charge is 0.352 e. The standard InChI is InChI=1S/C15H18FN3O/c1-10-14(11(2)19(3)18-10)15(20)17-9-8-12-4-6-13(16)7-5-12/h4-7H,8-9H2,1-3H3,(H,17,20). The molecule has 1 amide bonds. The molecule has 0 aliphatic heterocycles. The van der Waals surface area contributed by atoms with Gasteiger partial charge in [-0.2, -0.15) is 5.10 Å². The summed E-state index contributed by atoms with van der Waals surface area (Å²) in [7, 11) is 1.82. The first kappa shape index (κ1) is 14.2. The van der Waals surface area contributed by atoms with Crippen molar-refractivity contribution in [3.8, 4) is 0 Å². The summed E-state index contributed by atoms with van der Waals surface area (Å²) in [4.78, 5) is 12.1. The molecular weight excluding hydrogens is 257 g/mol. The van der Waals surface area contributed by atoms with Gasteiger partial charge in [0.25, 0.3) is 5.91 Å². The maximum atomic E-state index is 12.8. The highest BCUT2D eigenvalue weighted by Crippen LogP contribution is 2.11. The summed E-state index contributed by atoms with van der Waals surface area (Å²) >= 11 is 0. The molecule has 0 spiro atoms. The Bertz CT molecular complexity index is 617. The van der Waals surface area contributed by atoms with Crippen LogP contribution >= 0.6 is 0 Å². The number of amides is 1. The fraction of sp³-hybridized carbons (Fsp3) is 0.333. The van der Waals surface area contributed by atoms with Gasteiger partial charge in [-0.1, -0.05) is 12.1 Å². The summed E-state index contributed by atoms with van der Waals surface area (Å²) in [5.74, 6) is -0.366. The van der Waals surface area contributed by atoms with E-state index in [1.54, 1.807) is 16.8 Å². The molecule has 0 fully saturated rings. The average Bonchev–Trinajstić information content (AvgIpc) is 2.65. The van der Waals surface area contributed by atoms with Crippen LogP contribution in [0.15, 0.2) is 24.3 Å². The molecule has 1 aromatic carbocycles. The van der Waals surface area contributed by atoms with E-state index in [2.05, 4.69) is 10.4 Å². The van der Waals surface area contributed by atoms with Crippen molar-refractivity contribution in [1.29, 1.82) is 0 Å². The van der Waals surface area contributed by atoms with Gasteiger partial charge in [-0.05, 0) is 38.0 Å². The molecule has 106 valence electrons. The van der Waals surface area contributed by atoms with Crippen molar-refractivity contribution in [2.45, 2.75) is 20.3 Å². The number of nitrogens with one attached hydrogen (secondary N) is 1. The second kappa shape index (κ2) is 5.86. The summed E-state index contributed by atoms with van der Waals surface area (Å²) in [6.45, 7) is 4.20. The molecule has 2 rings (SSSR count). The summed E-state index contributed by atoms with van der Waals surface area (Å²) in [5.41, 5.74) is 3.20. The van der Waals surface area contributed by atoms with Gasteiger partial charge in [-0.15, -0.1) is 0 Å². The van der Waals surface area contributed by atoms with Crippen LogP contribution in [0, 0.1) is 19.7 Å². The van der Waals surface area contributed by atoms with Crippen molar-refractivity contribution in [3.05, 3.63) is 52.6 Å². The number of aryl methyl sites for hydroxylation is 2. The van der Waals surface area contributed by atoms with Crippen molar-refractivity contribution in [1.82, 2.24) is 15.1 Å². The molecule has 4 nitrogen and oxygen atoms in total. The number of carbonyl (C=O) groups is 1. The summed E-state index contributed by atoms with van der Waals surface area (Å²) in [6, 6.07) is 6.29. The number of hydrogen-bond donors (Lipinski definition) is 1. The fourth-order valence-electron chi connectivity index (χ4n) is 2.16. The molecular formula is C15H18FN3O. The molecule has 0 bridgehead atoms. The monoisotopic (exact) mass is 275 g/mol. The Labute approximate surface area is 117 Å². The Morgan fingerprint density at radius 2 is 1.95 bits per heavy atom. The van der Waals surface area contributed by atoms with Crippen LogP contribution in [-0.2, 0) is 13.5 Å². The van der Waals surface area contributed by atoms with Crippen molar-refractivity contribution in [2.24, 2.45) is 7.05 Å². The molecule has 0 radical (unpaired) electrons. The van der Waals surface area contributed by atoms with Gasteiger partial charge in [-0.3, -0.25) is 9.48 Å². The number of carbonyl (C=O) groups excluding carboxylic acids is 1. The summed E-state index contributed by atoms with van der Waals surface area (Å²) in [6.07, 6.45) is 0.671. The SMILES string of the molecule is Cc1nn(C)c(C)c1C(=O)NCCc1ccc(F)cc1. The smallest absolute Gasteiger partial charge is 0.255 e. The highest BCUT2D eigenvalue weighted by Gasteiger charge is 2.16. The molecule has 5 heteroatoms. The quantitative estimate of drug-likeness (QED) is 0.929. The van der Waals surface area contributed by atoms with Crippen LogP contribution in [0.4, 0.5) is 4.39 Å². The van der Waals surface area contributed by atoms with Gasteiger partial charge in [0.1, 0.15) is 5.82 Å². The summed E-state index contributed by atoms with van der Waals surface area (Å²) < 4.78 is 14.5. The molecule has 20 heavy (non-hydrogen) atoms. The van der Waals surface area contributed by atoms with E-state index in [0.29, 0.717) is 18.5 Å². The van der Waals surface area contributed by atoms with E-state index in [1.165, 1.54) is 12.1 Å². The Balaban J connectivity index is 1.94. The first-order valence-electron chi connectivity index (χ1n) is 6.52. The number of aromatic nitrogens is 2. The number of nitrogens with zero attached hydrogens (tertiary/aromatic N) is 2. The normalized spacial score (nSPS) is 10.6. The molecule has 1 aromatic heterocycles. The zero-order chi connectivity index (χ0) is 14.7. The highest BCUT2D eigenvalue weighted by molar-refractivity contribution is 5.96. The van der Waals surface area contributed by atoms with Gasteiger partial charge in [0.15, 0.2) is 0 Å². The van der Waals surface area contributed by atoms with Crippen molar-refractivity contribution >= 4 is 5.91 Å². The molecule has 0 aliphatic carbocycles. The minimum absolute atomic E-state index is 0.116. The van der Waals surface area contributed by atoms with E-state index in [1.807, 2.05) is 20.9 Å². The number of rotatable bonds is 4. The maximum absolute atomic E-state index is 12.8. The molecule has 0 atom stereocenters. The Kier molecular flexibility index (Phi) is 4.17. The lowest BCUT2D eigenvalue weighted by molar-refractivity contribution is 0.0953. The number of hydrogen-bond acceptors (Lipinski definition) is 2. The second-order valence-corrected chi connectivity index (χ2v) is 4.80. The molecule has 1 N–H and O–H groups in total. The van der Waals surface area contributed by atoms with Gasteiger partial charge in [0, 0.05) is 19.3 Å². The first-order valence-corrected chi connectivity index (χ1v) is 6.52. The lowest BCUT2D eigenvalue weighted by Gasteiger charge is -2.06. The molecule has 2 aromatic rings. The lowest BCUT2D eigenvalue weighted by Crippen LogP contribution is -2.26. The van der Waals surface area contributed by atoms with Crippen LogP contribution in [-0.4, -0.2) is 22.2 Å². The zero-order valence-electron chi connectivity index (χ0n) is 11.9. The maximum Gasteiger partial charge on any atom is 0.255 e.